The van der Waals surface area contributed by atoms with Crippen LogP contribution in [0.3, 0.4) is 0 Å². The number of hydrogen-bond acceptors (Lipinski definition) is 4. The molecular weight excluding hydrogens is 200 g/mol. The quantitative estimate of drug-likeness (QED) is 0.699. The van der Waals surface area contributed by atoms with Crippen LogP contribution in [0.1, 0.15) is 6.42 Å². The third-order valence-corrected chi connectivity index (χ3v) is 3.74. The molecule has 14 heavy (non-hydrogen) atoms. The molecule has 1 unspecified atom stereocenters. The number of nitrogens with one attached hydrogen (secondary N) is 1. The van der Waals surface area contributed by atoms with Gasteiger partial charge in [-0.25, -0.2) is 0 Å². The standard InChI is InChI=1S/C9H16N2O2S/c1-13-7-2-3-11(4-7)9(12)8-5-14-6-10-8/h7-8,10H,2-6H2,1H3/t7-,8?/m0/s1. The fourth-order valence-corrected chi connectivity index (χ4v) is 2.83. The van der Waals surface area contributed by atoms with E-state index in [1.54, 1.807) is 18.9 Å². The van der Waals surface area contributed by atoms with Crippen molar-refractivity contribution in [1.29, 1.82) is 0 Å². The Kier molecular flexibility index (Phi) is 3.30. The molecule has 2 aliphatic rings. The molecule has 0 aromatic heterocycles. The van der Waals surface area contributed by atoms with Crippen molar-refractivity contribution in [2.24, 2.45) is 0 Å². The van der Waals surface area contributed by atoms with Crippen molar-refractivity contribution in [1.82, 2.24) is 10.2 Å². The van der Waals surface area contributed by atoms with E-state index in [0.29, 0.717) is 0 Å². The minimum Gasteiger partial charge on any atom is -0.380 e. The van der Waals surface area contributed by atoms with Crippen LogP contribution in [-0.4, -0.2) is 54.8 Å². The first kappa shape index (κ1) is 10.3. The van der Waals surface area contributed by atoms with Crippen LogP contribution < -0.4 is 5.32 Å². The van der Waals surface area contributed by atoms with Crippen molar-refractivity contribution in [3.05, 3.63) is 0 Å². The summed E-state index contributed by atoms with van der Waals surface area (Å²) >= 11 is 1.79. The molecule has 0 bridgehead atoms. The molecule has 0 aliphatic carbocycles. The van der Waals surface area contributed by atoms with Gasteiger partial charge in [0.15, 0.2) is 0 Å². The lowest BCUT2D eigenvalue weighted by atomic mass is 10.3. The number of rotatable bonds is 2. The van der Waals surface area contributed by atoms with Gasteiger partial charge in [-0.1, -0.05) is 0 Å². The van der Waals surface area contributed by atoms with Crippen LogP contribution in [-0.2, 0) is 9.53 Å². The smallest absolute Gasteiger partial charge is 0.240 e. The monoisotopic (exact) mass is 216 g/mol. The van der Waals surface area contributed by atoms with Gasteiger partial charge < -0.3 is 9.64 Å². The number of likely N-dealkylation sites (tertiary alicyclic amines) is 1. The molecule has 0 spiro atoms. The van der Waals surface area contributed by atoms with Crippen LogP contribution in [0.2, 0.25) is 0 Å². The first-order valence-corrected chi connectivity index (χ1v) is 6.09. The number of carbonyl (C=O) groups excluding carboxylic acids is 1. The number of ether oxygens (including phenoxy) is 1. The van der Waals surface area contributed by atoms with E-state index in [4.69, 9.17) is 4.74 Å². The third-order valence-electron chi connectivity index (χ3n) is 2.80. The van der Waals surface area contributed by atoms with Crippen molar-refractivity contribution in [3.8, 4) is 0 Å². The number of hydrogen-bond donors (Lipinski definition) is 1. The molecule has 0 aromatic carbocycles. The van der Waals surface area contributed by atoms with E-state index in [0.717, 1.165) is 31.1 Å². The van der Waals surface area contributed by atoms with Gasteiger partial charge in [-0.05, 0) is 6.42 Å². The number of amides is 1. The Morgan fingerprint density at radius 1 is 1.64 bits per heavy atom. The maximum Gasteiger partial charge on any atom is 0.240 e. The van der Waals surface area contributed by atoms with E-state index < -0.39 is 0 Å². The summed E-state index contributed by atoms with van der Waals surface area (Å²) in [4.78, 5) is 13.8. The van der Waals surface area contributed by atoms with Gasteiger partial charge in [0.1, 0.15) is 0 Å². The zero-order valence-electron chi connectivity index (χ0n) is 8.36. The summed E-state index contributed by atoms with van der Waals surface area (Å²) in [7, 11) is 1.71. The van der Waals surface area contributed by atoms with Gasteiger partial charge in [-0.3, -0.25) is 10.1 Å². The molecule has 2 aliphatic heterocycles. The van der Waals surface area contributed by atoms with E-state index in [-0.39, 0.29) is 18.1 Å². The molecule has 2 atom stereocenters. The predicted molar refractivity (Wildman–Crippen MR) is 56.2 cm³/mol. The Balaban J connectivity index is 1.86. The molecule has 2 fully saturated rings. The zero-order valence-corrected chi connectivity index (χ0v) is 9.18. The van der Waals surface area contributed by atoms with E-state index in [1.165, 1.54) is 0 Å². The summed E-state index contributed by atoms with van der Waals surface area (Å²) in [5.41, 5.74) is 0. The molecule has 4 nitrogen and oxygen atoms in total. The zero-order chi connectivity index (χ0) is 9.97. The highest BCUT2D eigenvalue weighted by atomic mass is 32.2. The Morgan fingerprint density at radius 2 is 2.50 bits per heavy atom. The van der Waals surface area contributed by atoms with Gasteiger partial charge in [0, 0.05) is 31.8 Å². The summed E-state index contributed by atoms with van der Waals surface area (Å²) in [6.07, 6.45) is 1.22. The fraction of sp³-hybridized carbons (Fsp3) is 0.889. The minimum absolute atomic E-state index is 0.0376. The Labute approximate surface area is 88.4 Å². The number of carbonyl (C=O) groups is 1. The fourth-order valence-electron chi connectivity index (χ4n) is 1.89. The second-order valence-corrected chi connectivity index (χ2v) is 4.73. The summed E-state index contributed by atoms with van der Waals surface area (Å²) in [6.45, 7) is 1.61. The summed E-state index contributed by atoms with van der Waals surface area (Å²) in [5, 5.41) is 3.20. The second-order valence-electron chi connectivity index (χ2n) is 3.70. The van der Waals surface area contributed by atoms with Crippen LogP contribution in [0.15, 0.2) is 0 Å². The van der Waals surface area contributed by atoms with E-state index in [2.05, 4.69) is 5.32 Å². The van der Waals surface area contributed by atoms with Crippen molar-refractivity contribution in [2.75, 3.05) is 31.8 Å². The average molecular weight is 216 g/mol. The molecule has 1 amide bonds. The van der Waals surface area contributed by atoms with Crippen molar-refractivity contribution < 1.29 is 9.53 Å². The Morgan fingerprint density at radius 3 is 3.07 bits per heavy atom. The highest BCUT2D eigenvalue weighted by molar-refractivity contribution is 7.99. The second kappa shape index (κ2) is 4.51. The van der Waals surface area contributed by atoms with E-state index in [1.807, 2.05) is 4.90 Å². The van der Waals surface area contributed by atoms with E-state index >= 15 is 0 Å². The lowest BCUT2D eigenvalue weighted by Gasteiger charge is -2.19. The van der Waals surface area contributed by atoms with Crippen LogP contribution in [0.4, 0.5) is 0 Å². The van der Waals surface area contributed by atoms with Crippen LogP contribution in [0.25, 0.3) is 0 Å². The first-order chi connectivity index (χ1) is 6.81. The highest BCUT2D eigenvalue weighted by Gasteiger charge is 2.32. The first-order valence-electron chi connectivity index (χ1n) is 4.94. The van der Waals surface area contributed by atoms with Crippen molar-refractivity contribution >= 4 is 17.7 Å². The maximum absolute atomic E-state index is 11.9. The van der Waals surface area contributed by atoms with Gasteiger partial charge in [-0.2, -0.15) is 0 Å². The molecule has 0 aromatic rings. The Bertz CT molecular complexity index is 219. The SMILES string of the molecule is CO[C@H]1CCN(C(=O)C2CSCN2)C1. The van der Waals surface area contributed by atoms with Crippen molar-refractivity contribution in [3.63, 3.8) is 0 Å². The lowest BCUT2D eigenvalue weighted by Crippen LogP contribution is -2.44. The largest absolute Gasteiger partial charge is 0.380 e. The van der Waals surface area contributed by atoms with Crippen molar-refractivity contribution in [2.45, 2.75) is 18.6 Å². The molecule has 5 heteroatoms. The summed E-state index contributed by atoms with van der Waals surface area (Å²) in [5.74, 6) is 2.06. The molecule has 80 valence electrons. The molecule has 2 heterocycles. The van der Waals surface area contributed by atoms with Gasteiger partial charge in [0.25, 0.3) is 0 Å². The molecule has 2 rings (SSSR count). The average Bonchev–Trinajstić information content (AvgIpc) is 2.88. The topological polar surface area (TPSA) is 41.6 Å². The molecule has 0 saturated carbocycles. The van der Waals surface area contributed by atoms with Gasteiger partial charge in [-0.15, -0.1) is 11.8 Å². The number of thioether (sulfide) groups is 1. The van der Waals surface area contributed by atoms with Gasteiger partial charge in [0.05, 0.1) is 12.1 Å². The van der Waals surface area contributed by atoms with E-state index in [9.17, 15) is 4.79 Å². The van der Waals surface area contributed by atoms with Crippen LogP contribution >= 0.6 is 11.8 Å². The predicted octanol–water partition coefficient (Wildman–Crippen LogP) is -0.104. The Hall–Kier alpha value is -0.260. The molecule has 1 N–H and O–H groups in total. The third kappa shape index (κ3) is 2.04. The van der Waals surface area contributed by atoms with Gasteiger partial charge in [0.2, 0.25) is 5.91 Å². The minimum atomic E-state index is 0.0376. The molecule has 2 saturated heterocycles. The highest BCUT2D eigenvalue weighted by Crippen LogP contribution is 2.17. The van der Waals surface area contributed by atoms with Crippen LogP contribution in [0.5, 0.6) is 0 Å². The summed E-state index contributed by atoms with van der Waals surface area (Å²) in [6, 6.07) is 0.0376. The molecule has 0 radical (unpaired) electrons. The lowest BCUT2D eigenvalue weighted by molar-refractivity contribution is -0.132. The number of nitrogens with zero attached hydrogens (tertiary/aromatic N) is 1. The summed E-state index contributed by atoms with van der Waals surface area (Å²) < 4.78 is 5.23. The normalized spacial score (nSPS) is 32.5. The van der Waals surface area contributed by atoms with Gasteiger partial charge >= 0.3 is 0 Å². The van der Waals surface area contributed by atoms with Crippen LogP contribution in [0, 0.1) is 0 Å². The maximum atomic E-state index is 11.9. The molecular formula is C9H16N2O2S. The number of methoxy groups -OCH3 is 1.